The van der Waals surface area contributed by atoms with Crippen LogP contribution in [0.15, 0.2) is 12.1 Å². The summed E-state index contributed by atoms with van der Waals surface area (Å²) in [5, 5.41) is 22.0. The van der Waals surface area contributed by atoms with Crippen molar-refractivity contribution >= 4 is 0 Å². The number of methoxy groups -OCH3 is 1. The van der Waals surface area contributed by atoms with Crippen molar-refractivity contribution in [2.75, 3.05) is 53.4 Å². The van der Waals surface area contributed by atoms with Gasteiger partial charge in [0.05, 0.1) is 43.5 Å². The zero-order valence-electron chi connectivity index (χ0n) is 20.7. The summed E-state index contributed by atoms with van der Waals surface area (Å²) in [4.78, 5) is 2.58. The van der Waals surface area contributed by atoms with Crippen molar-refractivity contribution in [2.45, 2.75) is 74.2 Å². The number of aliphatic hydroxyl groups is 2. The molecule has 6 rings (SSSR count). The SMILES string of the molecule is COCCOCOc1ccc2c3c1OC1C(OCCO)CC[C@@]4(O)[C@@H](C2)N(CC2CCC2)CC[C@]314. The van der Waals surface area contributed by atoms with Crippen molar-refractivity contribution in [1.82, 2.24) is 4.90 Å². The van der Waals surface area contributed by atoms with E-state index >= 15 is 0 Å². The van der Waals surface area contributed by atoms with Crippen molar-refractivity contribution < 1.29 is 33.9 Å². The molecular formula is C27H39NO7. The maximum atomic E-state index is 12.6. The molecule has 1 spiro atoms. The first kappa shape index (κ1) is 23.9. The van der Waals surface area contributed by atoms with Crippen LogP contribution in [0.25, 0.3) is 0 Å². The minimum atomic E-state index is -0.870. The van der Waals surface area contributed by atoms with Crippen LogP contribution in [-0.4, -0.2) is 92.4 Å². The molecular weight excluding hydrogens is 450 g/mol. The molecule has 3 fully saturated rings. The molecule has 35 heavy (non-hydrogen) atoms. The lowest BCUT2D eigenvalue weighted by Gasteiger charge is -2.64. The maximum Gasteiger partial charge on any atom is 0.189 e. The summed E-state index contributed by atoms with van der Waals surface area (Å²) in [5.74, 6) is 2.16. The third kappa shape index (κ3) is 3.63. The minimum Gasteiger partial charge on any atom is -0.482 e. The van der Waals surface area contributed by atoms with Gasteiger partial charge in [-0.15, -0.1) is 0 Å². The lowest BCUT2D eigenvalue weighted by molar-refractivity contribution is -0.217. The van der Waals surface area contributed by atoms with Gasteiger partial charge in [-0.05, 0) is 62.6 Å². The Hall–Kier alpha value is -1.42. The molecule has 1 saturated heterocycles. The number of ether oxygens (including phenoxy) is 5. The first-order valence-electron chi connectivity index (χ1n) is 13.3. The zero-order chi connectivity index (χ0) is 24.0. The van der Waals surface area contributed by atoms with Gasteiger partial charge >= 0.3 is 0 Å². The number of benzene rings is 1. The lowest BCUT2D eigenvalue weighted by atomic mass is 9.48. The number of likely N-dealkylation sites (tertiary alicyclic amines) is 1. The Balaban J connectivity index is 1.36. The summed E-state index contributed by atoms with van der Waals surface area (Å²) in [6, 6.07) is 4.24. The van der Waals surface area contributed by atoms with Crippen molar-refractivity contribution in [3.05, 3.63) is 23.3 Å². The molecule has 3 aliphatic carbocycles. The summed E-state index contributed by atoms with van der Waals surface area (Å²) in [5.41, 5.74) is 0.984. The summed E-state index contributed by atoms with van der Waals surface area (Å²) < 4.78 is 29.5. The fraction of sp³-hybridized carbons (Fsp3) is 0.778. The molecule has 5 atom stereocenters. The number of nitrogens with zero attached hydrogens (tertiary/aromatic N) is 1. The molecule has 0 radical (unpaired) electrons. The Morgan fingerprint density at radius 1 is 1.14 bits per heavy atom. The third-order valence-electron chi connectivity index (χ3n) is 9.37. The van der Waals surface area contributed by atoms with Crippen LogP contribution in [-0.2, 0) is 26.0 Å². The molecule has 194 valence electrons. The van der Waals surface area contributed by atoms with Crippen LogP contribution in [0.2, 0.25) is 0 Å². The predicted octanol–water partition coefficient (Wildman–Crippen LogP) is 2.02. The summed E-state index contributed by atoms with van der Waals surface area (Å²) in [6.07, 6.45) is 6.55. The van der Waals surface area contributed by atoms with Crippen LogP contribution in [0.5, 0.6) is 11.5 Å². The molecule has 8 nitrogen and oxygen atoms in total. The second-order valence-corrected chi connectivity index (χ2v) is 11.0. The normalized spacial score (nSPS) is 35.3. The van der Waals surface area contributed by atoms with E-state index in [1.165, 1.54) is 24.8 Å². The Bertz CT molecular complexity index is 923. The Morgan fingerprint density at radius 3 is 2.80 bits per heavy atom. The molecule has 2 heterocycles. The van der Waals surface area contributed by atoms with E-state index in [1.807, 2.05) is 6.07 Å². The van der Waals surface area contributed by atoms with Gasteiger partial charge in [-0.25, -0.2) is 0 Å². The fourth-order valence-corrected chi connectivity index (χ4v) is 7.60. The number of hydrogen-bond acceptors (Lipinski definition) is 8. The predicted molar refractivity (Wildman–Crippen MR) is 128 cm³/mol. The van der Waals surface area contributed by atoms with Gasteiger partial charge in [-0.2, -0.15) is 0 Å². The number of piperidine rings is 1. The summed E-state index contributed by atoms with van der Waals surface area (Å²) >= 11 is 0. The van der Waals surface area contributed by atoms with E-state index in [9.17, 15) is 10.2 Å². The average Bonchev–Trinajstić information content (AvgIpc) is 3.18. The van der Waals surface area contributed by atoms with E-state index in [1.54, 1.807) is 7.11 Å². The smallest absolute Gasteiger partial charge is 0.189 e. The highest BCUT2D eigenvalue weighted by Crippen LogP contribution is 2.66. The number of hydrogen-bond donors (Lipinski definition) is 2. The minimum absolute atomic E-state index is 0.0242. The van der Waals surface area contributed by atoms with Gasteiger partial charge in [0, 0.05) is 25.3 Å². The van der Waals surface area contributed by atoms with Crippen molar-refractivity contribution in [3.8, 4) is 11.5 Å². The zero-order valence-corrected chi connectivity index (χ0v) is 20.7. The van der Waals surface area contributed by atoms with Crippen LogP contribution in [0.3, 0.4) is 0 Å². The Labute approximate surface area is 207 Å². The Kier molecular flexibility index (Phi) is 6.48. The van der Waals surface area contributed by atoms with Gasteiger partial charge in [-0.1, -0.05) is 12.5 Å². The van der Waals surface area contributed by atoms with E-state index < -0.39 is 11.0 Å². The maximum absolute atomic E-state index is 12.6. The van der Waals surface area contributed by atoms with Gasteiger partial charge in [0.2, 0.25) is 0 Å². The van der Waals surface area contributed by atoms with Gasteiger partial charge in [-0.3, -0.25) is 4.90 Å². The lowest BCUT2D eigenvalue weighted by Crippen LogP contribution is -2.77. The molecule has 2 saturated carbocycles. The summed E-state index contributed by atoms with van der Waals surface area (Å²) in [6.45, 7) is 3.38. The highest BCUT2D eigenvalue weighted by Gasteiger charge is 2.73. The first-order chi connectivity index (χ1) is 17.1. The highest BCUT2D eigenvalue weighted by atomic mass is 16.7. The molecule has 2 unspecified atom stereocenters. The van der Waals surface area contributed by atoms with Gasteiger partial charge < -0.3 is 33.9 Å². The van der Waals surface area contributed by atoms with Crippen LogP contribution in [0.4, 0.5) is 0 Å². The quantitative estimate of drug-likeness (QED) is 0.361. The van der Waals surface area contributed by atoms with Crippen molar-refractivity contribution in [2.24, 2.45) is 5.92 Å². The van der Waals surface area contributed by atoms with E-state index in [-0.39, 0.29) is 38.3 Å². The molecule has 2 aliphatic heterocycles. The summed E-state index contributed by atoms with van der Waals surface area (Å²) in [7, 11) is 1.64. The molecule has 5 aliphatic rings. The van der Waals surface area contributed by atoms with Gasteiger partial charge in [0.25, 0.3) is 0 Å². The van der Waals surface area contributed by atoms with E-state index in [2.05, 4.69) is 11.0 Å². The standard InChI is InChI=1S/C27H39NO7/c1-31-13-14-32-17-34-20-6-5-19-15-22-27(30)8-7-21(33-12-11-29)25-26(27,23(19)24(20)35-25)9-10-28(22)16-18-3-2-4-18/h5-6,18,21-22,25,29-30H,2-4,7-17H2,1H3/t21?,22-,25?,26+,27-/m1/s1. The third-order valence-corrected chi connectivity index (χ3v) is 9.37. The van der Waals surface area contributed by atoms with E-state index in [4.69, 9.17) is 23.7 Å². The Morgan fingerprint density at radius 2 is 2.03 bits per heavy atom. The van der Waals surface area contributed by atoms with Gasteiger partial charge in [0.1, 0.15) is 6.10 Å². The molecule has 1 aromatic rings. The van der Waals surface area contributed by atoms with Crippen LogP contribution in [0.1, 0.15) is 49.7 Å². The average molecular weight is 490 g/mol. The second-order valence-electron chi connectivity index (χ2n) is 11.0. The number of aliphatic hydroxyl groups excluding tert-OH is 1. The fourth-order valence-electron chi connectivity index (χ4n) is 7.60. The van der Waals surface area contributed by atoms with E-state index in [0.717, 1.165) is 49.6 Å². The molecule has 0 amide bonds. The first-order valence-corrected chi connectivity index (χ1v) is 13.3. The molecule has 1 aromatic carbocycles. The molecule has 0 aromatic heterocycles. The molecule has 2 N–H and O–H groups in total. The monoisotopic (exact) mass is 489 g/mol. The van der Waals surface area contributed by atoms with Crippen LogP contribution in [0, 0.1) is 5.92 Å². The molecule has 8 heteroatoms. The number of rotatable bonds is 11. The topological polar surface area (TPSA) is 89.9 Å². The van der Waals surface area contributed by atoms with Gasteiger partial charge in [0.15, 0.2) is 18.3 Å². The second kappa shape index (κ2) is 9.47. The largest absolute Gasteiger partial charge is 0.482 e. The van der Waals surface area contributed by atoms with Crippen LogP contribution >= 0.6 is 0 Å². The highest BCUT2D eigenvalue weighted by molar-refractivity contribution is 5.63. The van der Waals surface area contributed by atoms with Crippen LogP contribution < -0.4 is 9.47 Å². The molecule has 2 bridgehead atoms. The van der Waals surface area contributed by atoms with E-state index in [0.29, 0.717) is 25.4 Å². The van der Waals surface area contributed by atoms with Crippen molar-refractivity contribution in [3.63, 3.8) is 0 Å². The van der Waals surface area contributed by atoms with Crippen molar-refractivity contribution in [1.29, 1.82) is 0 Å².